The highest BCUT2D eigenvalue weighted by molar-refractivity contribution is 6.20. The Morgan fingerprint density at radius 2 is 1.56 bits per heavy atom. The molecule has 0 aliphatic carbocycles. The van der Waals surface area contributed by atoms with Gasteiger partial charge in [-0.1, -0.05) is 0 Å². The smallest absolute Gasteiger partial charge is 0.356 e. The summed E-state index contributed by atoms with van der Waals surface area (Å²) in [5.41, 5.74) is -0.546. The molecular weight excluding hydrogens is 360 g/mol. The molecule has 0 bridgehead atoms. The molecule has 2 aromatic heterocycles. The van der Waals surface area contributed by atoms with Gasteiger partial charge in [-0.25, -0.2) is 19.4 Å². The normalized spacial score (nSPS) is 10.8. The Hall–Kier alpha value is -3.82. The van der Waals surface area contributed by atoms with Crippen LogP contribution >= 0.6 is 0 Å². The van der Waals surface area contributed by atoms with Crippen LogP contribution in [0, 0.1) is 0 Å². The summed E-state index contributed by atoms with van der Waals surface area (Å²) >= 11 is 0. The molecule has 10 heteroatoms. The van der Waals surface area contributed by atoms with Crippen LogP contribution in [0.25, 0.3) is 21.8 Å². The minimum atomic E-state index is -0.826. The molecule has 0 radical (unpaired) electrons. The van der Waals surface area contributed by atoms with Gasteiger partial charge in [-0.2, -0.15) is 0 Å². The van der Waals surface area contributed by atoms with E-state index >= 15 is 0 Å². The molecule has 1 aromatic carbocycles. The molecule has 0 aliphatic rings. The number of aromatic hydroxyl groups is 2. The number of phenols is 2. The van der Waals surface area contributed by atoms with Crippen LogP contribution in [0.3, 0.4) is 0 Å². The number of nitrogens with zero attached hydrogens (tertiary/aromatic N) is 1. The van der Waals surface area contributed by atoms with Gasteiger partial charge >= 0.3 is 17.9 Å². The van der Waals surface area contributed by atoms with E-state index in [1.165, 1.54) is 12.1 Å². The van der Waals surface area contributed by atoms with E-state index in [-0.39, 0.29) is 38.8 Å². The van der Waals surface area contributed by atoms with Crippen molar-refractivity contribution < 1.29 is 38.8 Å². The topological polar surface area (TPSA) is 148 Å². The van der Waals surface area contributed by atoms with E-state index in [0.29, 0.717) is 0 Å². The summed E-state index contributed by atoms with van der Waals surface area (Å²) in [5, 5.41) is 20.8. The number of phenolic OH excluding ortho intramolecular Hbond substituents is 2. The maximum absolute atomic E-state index is 12.3. The fourth-order valence-electron chi connectivity index (χ4n) is 2.74. The van der Waals surface area contributed by atoms with Crippen molar-refractivity contribution in [2.75, 3.05) is 21.3 Å². The second kappa shape index (κ2) is 6.48. The van der Waals surface area contributed by atoms with E-state index in [2.05, 4.69) is 19.4 Å². The van der Waals surface area contributed by atoms with Gasteiger partial charge in [0, 0.05) is 10.8 Å². The van der Waals surface area contributed by atoms with E-state index in [1.54, 1.807) is 0 Å². The van der Waals surface area contributed by atoms with Gasteiger partial charge in [-0.15, -0.1) is 0 Å². The highest BCUT2D eigenvalue weighted by Gasteiger charge is 2.26. The second-order valence-electron chi connectivity index (χ2n) is 5.42. The van der Waals surface area contributed by atoms with E-state index in [1.807, 2.05) is 0 Å². The first-order valence-electron chi connectivity index (χ1n) is 7.50. The fraction of sp³-hybridized carbons (Fsp3) is 0.176. The van der Waals surface area contributed by atoms with Crippen molar-refractivity contribution >= 4 is 39.7 Å². The molecule has 0 amide bonds. The average molecular weight is 374 g/mol. The molecule has 10 nitrogen and oxygen atoms in total. The lowest BCUT2D eigenvalue weighted by molar-refractivity contribution is 0.0583. The summed E-state index contributed by atoms with van der Waals surface area (Å²) in [6, 6.07) is 2.38. The van der Waals surface area contributed by atoms with Crippen molar-refractivity contribution in [2.45, 2.75) is 0 Å². The van der Waals surface area contributed by atoms with Crippen LogP contribution in [0.2, 0.25) is 0 Å². The predicted octanol–water partition coefficient (Wildman–Crippen LogP) is 1.49. The number of fused-ring (bicyclic) bond motifs is 3. The molecule has 0 fully saturated rings. The van der Waals surface area contributed by atoms with Gasteiger partial charge < -0.3 is 29.4 Å². The molecule has 2 heterocycles. The van der Waals surface area contributed by atoms with Gasteiger partial charge in [-0.3, -0.25) is 0 Å². The highest BCUT2D eigenvalue weighted by atomic mass is 16.5. The number of benzene rings is 1. The number of H-pyrrole nitrogens is 1. The van der Waals surface area contributed by atoms with Gasteiger partial charge in [0.2, 0.25) is 0 Å². The molecule has 0 atom stereocenters. The number of esters is 3. The van der Waals surface area contributed by atoms with Gasteiger partial charge in [0.25, 0.3) is 0 Å². The number of ether oxygens (including phenoxy) is 3. The number of pyridine rings is 1. The number of carbonyl (C=O) groups is 3. The number of methoxy groups -OCH3 is 3. The fourth-order valence-corrected chi connectivity index (χ4v) is 2.74. The molecule has 0 aliphatic heterocycles. The number of aromatic nitrogens is 2. The molecule has 0 saturated heterocycles. The van der Waals surface area contributed by atoms with Crippen molar-refractivity contribution in [3.63, 3.8) is 0 Å². The lowest BCUT2D eigenvalue weighted by Crippen LogP contribution is -2.10. The quantitative estimate of drug-likeness (QED) is 0.352. The maximum Gasteiger partial charge on any atom is 0.356 e. The van der Waals surface area contributed by atoms with Crippen molar-refractivity contribution in [2.24, 2.45) is 0 Å². The molecule has 140 valence electrons. The third kappa shape index (κ3) is 2.67. The van der Waals surface area contributed by atoms with E-state index in [4.69, 9.17) is 4.74 Å². The van der Waals surface area contributed by atoms with Crippen molar-refractivity contribution in [1.29, 1.82) is 0 Å². The summed E-state index contributed by atoms with van der Waals surface area (Å²) in [6.07, 6.45) is 0. The third-order valence-electron chi connectivity index (χ3n) is 3.99. The summed E-state index contributed by atoms with van der Waals surface area (Å²) in [6.45, 7) is 0. The summed E-state index contributed by atoms with van der Waals surface area (Å²) in [5.74, 6) is -3.64. The van der Waals surface area contributed by atoms with E-state index in [0.717, 1.165) is 21.3 Å². The summed E-state index contributed by atoms with van der Waals surface area (Å²) < 4.78 is 14.0. The molecule has 0 unspecified atom stereocenters. The van der Waals surface area contributed by atoms with Gasteiger partial charge in [0.15, 0.2) is 11.5 Å². The minimum Gasteiger partial charge on any atom is -0.504 e. The molecule has 3 aromatic rings. The van der Waals surface area contributed by atoms with Gasteiger partial charge in [-0.05, 0) is 12.1 Å². The van der Waals surface area contributed by atoms with E-state index < -0.39 is 29.4 Å². The van der Waals surface area contributed by atoms with Crippen LogP contribution in [0.1, 0.15) is 31.3 Å². The van der Waals surface area contributed by atoms with Gasteiger partial charge in [0.1, 0.15) is 11.4 Å². The van der Waals surface area contributed by atoms with Crippen molar-refractivity contribution in [3.05, 3.63) is 29.1 Å². The lowest BCUT2D eigenvalue weighted by atomic mass is 10.0. The van der Waals surface area contributed by atoms with Crippen LogP contribution in [-0.2, 0) is 14.2 Å². The number of hydrogen-bond donors (Lipinski definition) is 3. The van der Waals surface area contributed by atoms with Crippen LogP contribution in [0.15, 0.2) is 12.1 Å². The Morgan fingerprint density at radius 1 is 0.926 bits per heavy atom. The highest BCUT2D eigenvalue weighted by Crippen LogP contribution is 2.43. The molecule has 0 spiro atoms. The Kier molecular flexibility index (Phi) is 4.32. The largest absolute Gasteiger partial charge is 0.504 e. The van der Waals surface area contributed by atoms with Crippen LogP contribution < -0.4 is 0 Å². The zero-order chi connectivity index (χ0) is 19.9. The standard InChI is InChI=1S/C17H14N2O8/c1-25-15(22)6-4-8(16(23)26-2)19-12-10(6)11-7(13(20)14(12)21)5-9(18-11)17(24)27-3/h4-5,19-21H,1-3H3. The zero-order valence-corrected chi connectivity index (χ0v) is 14.4. The Balaban J connectivity index is 2.52. The summed E-state index contributed by atoms with van der Waals surface area (Å²) in [7, 11) is 3.44. The number of nitrogens with one attached hydrogen (secondary N) is 1. The number of aromatic amines is 1. The first kappa shape index (κ1) is 18.0. The first-order valence-corrected chi connectivity index (χ1v) is 7.50. The van der Waals surface area contributed by atoms with E-state index in [9.17, 15) is 24.6 Å². The average Bonchev–Trinajstić information content (AvgIpc) is 3.14. The third-order valence-corrected chi connectivity index (χ3v) is 3.99. The molecule has 3 rings (SSSR count). The van der Waals surface area contributed by atoms with Crippen molar-refractivity contribution in [1.82, 2.24) is 9.97 Å². The predicted molar refractivity (Wildman–Crippen MR) is 90.9 cm³/mol. The Morgan fingerprint density at radius 3 is 2.15 bits per heavy atom. The van der Waals surface area contributed by atoms with Crippen molar-refractivity contribution in [3.8, 4) is 11.5 Å². The molecule has 0 saturated carbocycles. The number of hydrogen-bond acceptors (Lipinski definition) is 9. The van der Waals surface area contributed by atoms with Crippen LogP contribution in [0.4, 0.5) is 0 Å². The Labute approximate surface area is 151 Å². The van der Waals surface area contributed by atoms with Crippen LogP contribution in [-0.4, -0.2) is 59.4 Å². The van der Waals surface area contributed by atoms with Gasteiger partial charge in [0.05, 0.1) is 37.9 Å². The SMILES string of the molecule is COC(=O)c1cc2c(O)c(O)c3[nH]c(C(=O)OC)cc(C(=O)OC)c3c2n1. The lowest BCUT2D eigenvalue weighted by Gasteiger charge is -2.12. The number of rotatable bonds is 3. The Bertz CT molecular complexity index is 1120. The minimum absolute atomic E-state index is 0.0183. The molecular formula is C17H14N2O8. The maximum atomic E-state index is 12.3. The molecule has 3 N–H and O–H groups in total. The summed E-state index contributed by atoms with van der Waals surface area (Å²) in [4.78, 5) is 42.6. The van der Waals surface area contributed by atoms with Crippen LogP contribution in [0.5, 0.6) is 11.5 Å². The number of carbonyl (C=O) groups excluding carboxylic acids is 3. The first-order chi connectivity index (χ1) is 12.8. The zero-order valence-electron chi connectivity index (χ0n) is 14.4. The second-order valence-corrected chi connectivity index (χ2v) is 5.42. The monoisotopic (exact) mass is 374 g/mol. The molecule has 27 heavy (non-hydrogen) atoms.